The fourth-order valence-corrected chi connectivity index (χ4v) is 1.09. The number of nitriles is 6. The molecule has 9 heteroatoms. The average molecular weight is 307 g/mol. The number of hydrogen-bond donors (Lipinski definition) is 0. The normalized spacial score (nSPS) is 12.1. The Balaban J connectivity index is 0. The van der Waals surface area contributed by atoms with E-state index in [1.54, 1.807) is 0 Å². The second-order valence-corrected chi connectivity index (χ2v) is 7.42. The van der Waals surface area contributed by atoms with Gasteiger partial charge in [0.05, 0.1) is 0 Å². The van der Waals surface area contributed by atoms with Gasteiger partial charge in [0, 0.05) is 0 Å². The zero-order valence-electron chi connectivity index (χ0n) is 7.39. The van der Waals surface area contributed by atoms with Crippen LogP contribution in [0.4, 0.5) is 0 Å². The molecule has 0 atom stereocenters. The van der Waals surface area contributed by atoms with Crippen LogP contribution in [-0.4, -0.2) is 45.4 Å². The Labute approximate surface area is 122 Å². The van der Waals surface area contributed by atoms with Crippen molar-refractivity contribution in [1.29, 1.82) is 31.6 Å². The molecule has 0 rings (SSSR count). The molecule has 0 radical (unpaired) electrons. The van der Waals surface area contributed by atoms with Crippen LogP contribution in [0.15, 0.2) is 0 Å². The first-order valence-electron chi connectivity index (χ1n) is 2.76. The first-order chi connectivity index (χ1) is 6.97. The minimum absolute atomic E-state index is 0.812. The van der Waals surface area contributed by atoms with Gasteiger partial charge in [0.1, 0.15) is 0 Å². The molecule has 0 aliphatic rings. The topological polar surface area (TPSA) is 143 Å². The van der Waals surface area contributed by atoms with Crippen LogP contribution in [0.2, 0.25) is 0 Å². The molecule has 0 fully saturated rings. The number of nitrogens with zero attached hydrogens (tertiary/aromatic N) is 6. The third kappa shape index (κ3) is 2.09. The molecule has 74 valence electrons. The van der Waals surface area contributed by atoms with Crippen molar-refractivity contribution in [3.63, 3.8) is 0 Å². The Hall–Kier alpha value is -0.385. The molecule has 0 amide bonds. The summed E-state index contributed by atoms with van der Waals surface area (Å²) in [6, 6.07) is 0. The van der Waals surface area contributed by atoms with Gasteiger partial charge in [-0.15, -0.1) is 0 Å². The maximum atomic E-state index is 8.58. The molecule has 0 N–H and O–H groups in total. The molecule has 0 bridgehead atoms. The van der Waals surface area contributed by atoms with E-state index in [4.69, 9.17) is 31.6 Å². The third-order valence-corrected chi connectivity index (χ3v) is 4.89. The molecule has 6 nitrogen and oxygen atoms in total. The molecule has 0 aromatic carbocycles. The Bertz CT molecular complexity index is 395. The third-order valence-electron chi connectivity index (χ3n) is 1.19. The van der Waals surface area contributed by atoms with Crippen LogP contribution in [0.3, 0.4) is 0 Å². The van der Waals surface area contributed by atoms with E-state index in [9.17, 15) is 0 Å². The summed E-state index contributed by atoms with van der Waals surface area (Å²) in [5.74, 6) is 0. The zero-order valence-corrected chi connectivity index (χ0v) is 12.7. The average Bonchev–Trinajstić information content (AvgIpc) is 2.39. The predicted octanol–water partition coefficient (Wildman–Crippen LogP) is -0.285. The molecule has 0 aliphatic heterocycles. The van der Waals surface area contributed by atoms with Crippen molar-refractivity contribution in [3.05, 3.63) is 0 Å². The van der Waals surface area contributed by atoms with E-state index in [2.05, 4.69) is 6.66 Å². The van der Waals surface area contributed by atoms with Crippen molar-refractivity contribution in [3.8, 4) is 29.8 Å². The number of rotatable bonds is 0. The second kappa shape index (κ2) is 5.10. The summed E-state index contributed by atoms with van der Waals surface area (Å²) in [6.45, 7) is 3.44. The predicted molar refractivity (Wildman–Crippen MR) is 39.4 cm³/mol. The Morgan fingerprint density at radius 1 is 0.600 bits per heavy atom. The van der Waals surface area contributed by atoms with Gasteiger partial charge < -0.3 is 0 Å². The van der Waals surface area contributed by atoms with Crippen molar-refractivity contribution < 1.29 is 17.4 Å². The summed E-state index contributed by atoms with van der Waals surface area (Å²) in [7, 11) is -6.17. The fourth-order valence-electron chi connectivity index (χ4n) is 0.265. The zero-order chi connectivity index (χ0) is 12.7. The molecule has 0 aliphatic carbocycles. The van der Waals surface area contributed by atoms with Gasteiger partial charge in [-0.2, -0.15) is 0 Å². The van der Waals surface area contributed by atoms with Gasteiger partial charge in [0.15, 0.2) is 0 Å². The van der Waals surface area contributed by atoms with Crippen molar-refractivity contribution >= 4 is 45.4 Å². The van der Waals surface area contributed by atoms with Crippen LogP contribution in [-0.2, 0) is 17.4 Å². The summed E-state index contributed by atoms with van der Waals surface area (Å²) in [5.41, 5.74) is 0. The van der Waals surface area contributed by atoms with Gasteiger partial charge in [0.2, 0.25) is 0 Å². The molecular weight excluding hydrogens is 307 g/mol. The van der Waals surface area contributed by atoms with E-state index in [0.29, 0.717) is 0 Å². The minimum atomic E-state index is -6.17. The fraction of sp³-hybridized carbons (Fsp3) is 0. The van der Waals surface area contributed by atoms with Crippen molar-refractivity contribution in [2.45, 2.75) is 0 Å². The Morgan fingerprint density at radius 3 is 0.733 bits per heavy atom. The van der Waals surface area contributed by atoms with Crippen LogP contribution in [0.5, 0.6) is 0 Å². The molecule has 0 aromatic rings. The van der Waals surface area contributed by atoms with Gasteiger partial charge in [0.25, 0.3) is 0 Å². The van der Waals surface area contributed by atoms with Crippen LogP contribution in [0.1, 0.15) is 0 Å². The van der Waals surface area contributed by atoms with E-state index in [1.807, 2.05) is 0 Å². The molecule has 0 saturated heterocycles. The van der Waals surface area contributed by atoms with E-state index in [-0.39, 0.29) is 0 Å². The molecule has 15 heavy (non-hydrogen) atoms. The summed E-state index contributed by atoms with van der Waals surface area (Å²) < 4.78 is 0. The Kier molecular flexibility index (Phi) is 5.79. The Morgan fingerprint density at radius 2 is 0.733 bits per heavy atom. The molecule has 0 heterocycles. The summed E-state index contributed by atoms with van der Waals surface area (Å²) in [4.78, 5) is 6.19. The van der Waals surface area contributed by atoms with E-state index < -0.39 is 10.7 Å². The summed E-state index contributed by atoms with van der Waals surface area (Å²) in [5, 5.41) is 51.5. The van der Waals surface area contributed by atoms with Gasteiger partial charge in [-0.1, -0.05) is 0 Å². The summed E-state index contributed by atoms with van der Waals surface area (Å²) in [6.07, 6.45) is 0. The SMILES string of the molecule is N#[C][Fe-3]([C]#N)([C]#N)([C]#N)([C]#N)[C]#N.[K][Fe]. The first kappa shape index (κ1) is 17.0. The van der Waals surface area contributed by atoms with Gasteiger partial charge >= 0.3 is 124 Å². The van der Waals surface area contributed by atoms with Crippen LogP contribution >= 0.6 is 0 Å². The quantitative estimate of drug-likeness (QED) is 0.563. The van der Waals surface area contributed by atoms with Gasteiger partial charge in [-0.05, 0) is 0 Å². The maximum absolute atomic E-state index is 8.58. The van der Waals surface area contributed by atoms with Crippen LogP contribution in [0, 0.1) is 61.4 Å². The van der Waals surface area contributed by atoms with Gasteiger partial charge in [-0.3, -0.25) is 0 Å². The van der Waals surface area contributed by atoms with Crippen molar-refractivity contribution in [2.75, 3.05) is 0 Å². The van der Waals surface area contributed by atoms with Crippen LogP contribution in [0.25, 0.3) is 0 Å². The van der Waals surface area contributed by atoms with Gasteiger partial charge in [-0.25, -0.2) is 0 Å². The van der Waals surface area contributed by atoms with E-state index >= 15 is 0 Å². The van der Waals surface area contributed by atoms with Crippen molar-refractivity contribution in [1.82, 2.24) is 0 Å². The molecule has 0 aromatic heterocycles. The standard InChI is InChI=1S/6CN.2Fe.K/c6*1-2;;;/q;;;;;;;-3;. The molecule has 0 spiro atoms. The second-order valence-electron chi connectivity index (χ2n) is 1.80. The molecule has 0 unspecified atom stereocenters. The van der Waals surface area contributed by atoms with Crippen LogP contribution < -0.4 is 0 Å². The van der Waals surface area contributed by atoms with E-state index in [1.165, 1.54) is 0 Å². The van der Waals surface area contributed by atoms with E-state index in [0.717, 1.165) is 75.2 Å². The molecular formula is C6Fe2KN6-3. The van der Waals surface area contributed by atoms with Crippen molar-refractivity contribution in [2.24, 2.45) is 0 Å². The number of hydrogen-bond acceptors (Lipinski definition) is 6. The first-order valence-corrected chi connectivity index (χ1v) is 11.7. The molecule has 0 saturated carbocycles. The summed E-state index contributed by atoms with van der Waals surface area (Å²) >= 11 is 0.812. The monoisotopic (exact) mass is 307 g/mol.